The van der Waals surface area contributed by atoms with Crippen LogP contribution in [0.4, 0.5) is 24.5 Å². The van der Waals surface area contributed by atoms with Crippen molar-refractivity contribution in [2.24, 2.45) is 0 Å². The van der Waals surface area contributed by atoms with Gasteiger partial charge in [0.05, 0.1) is 5.69 Å². The quantitative estimate of drug-likeness (QED) is 0.400. The second kappa shape index (κ2) is 9.10. The third-order valence-corrected chi connectivity index (χ3v) is 8.27. The number of alkyl halides is 3. The summed E-state index contributed by atoms with van der Waals surface area (Å²) in [5, 5.41) is 0. The summed E-state index contributed by atoms with van der Waals surface area (Å²) in [7, 11) is -8.03. The number of unbranched alkanes of at least 4 members (excludes halogenated alkanes) is 1. The number of fused-ring (bicyclic) bond motifs is 1. The Balaban J connectivity index is 2.13. The monoisotopic (exact) mass is 494 g/mol. The van der Waals surface area contributed by atoms with Crippen molar-refractivity contribution >= 4 is 32.3 Å². The van der Waals surface area contributed by atoms with Crippen LogP contribution in [-0.4, -0.2) is 47.0 Å². The molecule has 1 heterocycles. The lowest BCUT2D eigenvalue weighted by atomic mass is 10.1. The van der Waals surface area contributed by atoms with Gasteiger partial charge in [-0.05, 0) is 30.7 Å². The number of nitrogens with zero attached hydrogens (tertiary/aromatic N) is 2. The maximum atomic E-state index is 12.8. The van der Waals surface area contributed by atoms with Gasteiger partial charge in [-0.1, -0.05) is 38.0 Å². The first-order chi connectivity index (χ1) is 14.9. The average Bonchev–Trinajstić information content (AvgIpc) is 2.80. The molecule has 7 nitrogen and oxygen atoms in total. The molecule has 0 bridgehead atoms. The van der Waals surface area contributed by atoms with E-state index in [1.54, 1.807) is 0 Å². The molecule has 0 aromatic heterocycles. The van der Waals surface area contributed by atoms with Crippen molar-refractivity contribution < 1.29 is 34.9 Å². The van der Waals surface area contributed by atoms with Crippen LogP contribution in [0.5, 0.6) is 5.75 Å². The Hall–Kier alpha value is -1.99. The highest BCUT2D eigenvalue weighted by Crippen LogP contribution is 2.59. The second-order valence-electron chi connectivity index (χ2n) is 7.42. The van der Waals surface area contributed by atoms with Crippen LogP contribution in [0.3, 0.4) is 0 Å². The molecule has 12 heteroatoms. The smallest absolute Gasteiger partial charge is 0.376 e. The lowest BCUT2D eigenvalue weighted by molar-refractivity contribution is -0.0500. The molecular formula is C20H25F3N2O5S2. The third-order valence-electron chi connectivity index (χ3n) is 5.27. The Morgan fingerprint density at radius 2 is 1.81 bits per heavy atom. The molecule has 3 rings (SSSR count). The highest BCUT2D eigenvalue weighted by molar-refractivity contribution is 8.22. The molecule has 0 amide bonds. The minimum Gasteiger partial charge on any atom is -0.376 e. The van der Waals surface area contributed by atoms with Crippen molar-refractivity contribution in [3.63, 3.8) is 0 Å². The van der Waals surface area contributed by atoms with E-state index in [0.29, 0.717) is 18.7 Å². The molecule has 2 aromatic rings. The first kappa shape index (κ1) is 24.6. The normalized spacial score (nSPS) is 20.3. The fourth-order valence-corrected chi connectivity index (χ4v) is 5.60. The first-order valence-corrected chi connectivity index (χ1v) is 12.8. The molecule has 2 aromatic carbocycles. The van der Waals surface area contributed by atoms with E-state index in [0.717, 1.165) is 30.7 Å². The molecule has 0 aliphatic carbocycles. The molecule has 1 atom stereocenters. The number of benzene rings is 2. The molecule has 1 aliphatic heterocycles. The number of halogens is 3. The minimum atomic E-state index is -5.91. The summed E-state index contributed by atoms with van der Waals surface area (Å²) < 4.78 is 89.1. The molecule has 32 heavy (non-hydrogen) atoms. The largest absolute Gasteiger partial charge is 0.534 e. The summed E-state index contributed by atoms with van der Waals surface area (Å²) in [4.78, 5) is 1.73. The van der Waals surface area contributed by atoms with E-state index in [-0.39, 0.29) is 10.9 Å². The summed E-state index contributed by atoms with van der Waals surface area (Å²) in [6.45, 7) is 2.41. The number of rotatable bonds is 6. The van der Waals surface area contributed by atoms with Gasteiger partial charge in [0.25, 0.3) is 0 Å². The maximum absolute atomic E-state index is 12.8. The number of hydrogen-bond donors (Lipinski definition) is 2. The molecule has 1 aliphatic rings. The summed E-state index contributed by atoms with van der Waals surface area (Å²) in [5.74, 6) is -0.658. The highest BCUT2D eigenvalue weighted by atomic mass is 32.3. The van der Waals surface area contributed by atoms with E-state index >= 15 is 0 Å². The van der Waals surface area contributed by atoms with Gasteiger partial charge >= 0.3 is 15.6 Å². The van der Waals surface area contributed by atoms with Crippen molar-refractivity contribution in [1.29, 1.82) is 0 Å². The van der Waals surface area contributed by atoms with Crippen LogP contribution in [-0.2, 0) is 10.1 Å². The summed E-state index contributed by atoms with van der Waals surface area (Å²) in [6, 6.07) is 12.2. The van der Waals surface area contributed by atoms with Crippen molar-refractivity contribution in [1.82, 2.24) is 4.31 Å². The van der Waals surface area contributed by atoms with Crippen LogP contribution in [0.25, 0.3) is 0 Å². The van der Waals surface area contributed by atoms with Gasteiger partial charge in [0, 0.05) is 31.4 Å². The van der Waals surface area contributed by atoms with Crippen LogP contribution in [0.2, 0.25) is 0 Å². The van der Waals surface area contributed by atoms with Crippen molar-refractivity contribution in [2.75, 3.05) is 18.5 Å². The van der Waals surface area contributed by atoms with E-state index in [4.69, 9.17) is 0 Å². The minimum absolute atomic E-state index is 0.113. The predicted octanol–water partition coefficient (Wildman–Crippen LogP) is 5.58. The Labute approximate surface area is 187 Å². The topological polar surface area (TPSA) is 90.3 Å². The van der Waals surface area contributed by atoms with E-state index in [2.05, 4.69) is 4.18 Å². The van der Waals surface area contributed by atoms with Crippen LogP contribution in [0, 0.1) is 0 Å². The Morgan fingerprint density at radius 3 is 2.41 bits per heavy atom. The van der Waals surface area contributed by atoms with E-state index in [1.807, 2.05) is 42.2 Å². The zero-order valence-corrected chi connectivity index (χ0v) is 19.1. The van der Waals surface area contributed by atoms with Gasteiger partial charge in [-0.15, -0.1) is 10.8 Å². The summed E-state index contributed by atoms with van der Waals surface area (Å²) in [5.41, 5.74) is -4.52. The van der Waals surface area contributed by atoms with Crippen LogP contribution < -0.4 is 9.08 Å². The van der Waals surface area contributed by atoms with Gasteiger partial charge in [0.1, 0.15) is 10.6 Å². The van der Waals surface area contributed by atoms with Gasteiger partial charge in [0.2, 0.25) is 0 Å². The van der Waals surface area contributed by atoms with E-state index in [1.165, 1.54) is 17.4 Å². The molecule has 2 N–H and O–H groups in total. The SMILES string of the molecule is CCCCC1CN(c2ccccc2)c2ccc(OS(=O)(=O)C(F)(F)F)cc2S(O)(O)N1C. The number of para-hydroxylation sites is 1. The molecule has 0 fully saturated rings. The van der Waals surface area contributed by atoms with E-state index in [9.17, 15) is 30.7 Å². The summed E-state index contributed by atoms with van der Waals surface area (Å²) >= 11 is 0. The fraction of sp³-hybridized carbons (Fsp3) is 0.400. The van der Waals surface area contributed by atoms with Gasteiger partial charge in [-0.3, -0.25) is 9.11 Å². The fourth-order valence-electron chi connectivity index (χ4n) is 3.51. The predicted molar refractivity (Wildman–Crippen MR) is 118 cm³/mol. The zero-order valence-electron chi connectivity index (χ0n) is 17.5. The molecular weight excluding hydrogens is 469 g/mol. The average molecular weight is 495 g/mol. The number of anilines is 2. The van der Waals surface area contributed by atoms with E-state index < -0.39 is 32.2 Å². The molecule has 178 valence electrons. The second-order valence-corrected chi connectivity index (χ2v) is 11.0. The number of likely N-dealkylation sites (N-methyl/N-ethyl adjacent to an activating group) is 1. The van der Waals surface area contributed by atoms with Gasteiger partial charge < -0.3 is 9.08 Å². The molecule has 1 unspecified atom stereocenters. The summed E-state index contributed by atoms with van der Waals surface area (Å²) in [6.07, 6.45) is 2.39. The lowest BCUT2D eigenvalue weighted by Crippen LogP contribution is -2.39. The Bertz CT molecular complexity index is 1050. The molecule has 0 saturated heterocycles. The number of hydrogen-bond acceptors (Lipinski definition) is 7. The van der Waals surface area contributed by atoms with Crippen LogP contribution >= 0.6 is 10.8 Å². The highest BCUT2D eigenvalue weighted by Gasteiger charge is 2.49. The van der Waals surface area contributed by atoms with Crippen molar-refractivity contribution in [3.8, 4) is 5.75 Å². The van der Waals surface area contributed by atoms with Gasteiger partial charge in [0.15, 0.2) is 0 Å². The van der Waals surface area contributed by atoms with Gasteiger partial charge in [-0.2, -0.15) is 21.6 Å². The lowest BCUT2D eigenvalue weighted by Gasteiger charge is -2.43. The van der Waals surface area contributed by atoms with Crippen LogP contribution in [0.1, 0.15) is 26.2 Å². The Morgan fingerprint density at radius 1 is 1.16 bits per heavy atom. The maximum Gasteiger partial charge on any atom is 0.534 e. The van der Waals surface area contributed by atoms with Crippen molar-refractivity contribution in [2.45, 2.75) is 42.6 Å². The first-order valence-electron chi connectivity index (χ1n) is 9.87. The van der Waals surface area contributed by atoms with Gasteiger partial charge in [-0.25, -0.2) is 4.31 Å². The molecule has 0 saturated carbocycles. The Kier molecular flexibility index (Phi) is 7.01. The third kappa shape index (κ3) is 4.84. The van der Waals surface area contributed by atoms with Crippen LogP contribution in [0.15, 0.2) is 53.4 Å². The molecule has 0 radical (unpaired) electrons. The van der Waals surface area contributed by atoms with Crippen molar-refractivity contribution in [3.05, 3.63) is 48.5 Å². The molecule has 0 spiro atoms. The standard InChI is InChI=1S/C20H25F3N2O5S2/c1-3-4-8-16-14-25(15-9-6-5-7-10-15)18-12-11-17(30-32(28,29)20(21,22)23)13-19(18)31(26,27)24(16)2/h5-7,9-13,16,26-27H,3-4,8,14H2,1-2H3. The zero-order chi connectivity index (χ0) is 23.7.